The second-order valence-electron chi connectivity index (χ2n) is 22.7. The van der Waals surface area contributed by atoms with Crippen molar-refractivity contribution in [2.24, 2.45) is 0 Å². The number of ether oxygens (including phenoxy) is 4. The van der Waals surface area contributed by atoms with Crippen LogP contribution in [-0.2, 0) is 47.9 Å². The van der Waals surface area contributed by atoms with Crippen LogP contribution in [0, 0.1) is 0 Å². The van der Waals surface area contributed by atoms with Crippen LogP contribution in [0.2, 0.25) is 10.0 Å². The molecule has 0 spiro atoms. The second-order valence-corrected chi connectivity index (χ2v) is 24.4. The van der Waals surface area contributed by atoms with Crippen LogP contribution >= 0.6 is 39.1 Å². The molecule has 6 aromatic rings. The number of H-pyrrole nitrogens is 1. The molecule has 0 saturated carbocycles. The van der Waals surface area contributed by atoms with Gasteiger partial charge in [-0.2, -0.15) is 0 Å². The number of methoxy groups -OCH3 is 2. The van der Waals surface area contributed by atoms with Gasteiger partial charge in [-0.15, -0.1) is 0 Å². The van der Waals surface area contributed by atoms with E-state index in [1.54, 1.807) is 14.2 Å². The lowest BCUT2D eigenvalue weighted by atomic mass is 9.95. The number of carbonyl (C=O) groups is 4. The molecule has 4 aromatic carbocycles. The number of aromatic nitrogens is 4. The lowest BCUT2D eigenvalue weighted by molar-refractivity contribution is -0.133. The molecule has 2 saturated heterocycles. The van der Waals surface area contributed by atoms with Gasteiger partial charge in [-0.05, 0) is 153 Å². The number of benzene rings is 4. The number of likely N-dealkylation sites (tertiary alicyclic amines) is 2. The van der Waals surface area contributed by atoms with Crippen molar-refractivity contribution in [1.29, 1.82) is 0 Å². The minimum Gasteiger partial charge on any atom is -0.444 e. The molecule has 0 bridgehead atoms. The van der Waals surface area contributed by atoms with Crippen molar-refractivity contribution in [3.63, 3.8) is 0 Å². The summed E-state index contributed by atoms with van der Waals surface area (Å²) in [4.78, 5) is 69.1. The number of amides is 4. The monoisotopic (exact) mass is 1220 g/mol. The number of aryl methyl sites for hydroxylation is 1. The molecule has 16 nitrogen and oxygen atoms in total. The van der Waals surface area contributed by atoms with Gasteiger partial charge < -0.3 is 48.9 Å². The smallest absolute Gasteiger partial charge is 0.407 e. The van der Waals surface area contributed by atoms with Crippen LogP contribution in [0.4, 0.5) is 9.59 Å². The molecule has 3 N–H and O–H groups in total. The van der Waals surface area contributed by atoms with Crippen LogP contribution in [-0.4, -0.2) is 136 Å². The fourth-order valence-corrected chi connectivity index (χ4v) is 10.5. The Morgan fingerprint density at radius 2 is 1.14 bits per heavy atom. The van der Waals surface area contributed by atoms with Crippen LogP contribution < -0.4 is 10.6 Å². The number of alkyl halides is 1. The molecule has 4 amide bonds. The van der Waals surface area contributed by atoms with Crippen molar-refractivity contribution < 1.29 is 38.1 Å². The van der Waals surface area contributed by atoms with Gasteiger partial charge in [0.2, 0.25) is 11.8 Å². The first kappa shape index (κ1) is 64.4. The Morgan fingerprint density at radius 3 is 1.63 bits per heavy atom. The van der Waals surface area contributed by atoms with Crippen molar-refractivity contribution in [3.8, 4) is 0 Å². The fourth-order valence-electron chi connectivity index (χ4n) is 10.0. The van der Waals surface area contributed by atoms with E-state index in [2.05, 4.69) is 42.2 Å². The Balaban J connectivity index is 0.000000239. The summed E-state index contributed by atoms with van der Waals surface area (Å²) in [5.74, 6) is 2.28. The van der Waals surface area contributed by atoms with Gasteiger partial charge >= 0.3 is 12.2 Å². The number of alkyl carbamates (subject to hydrolysis) is 2. The highest BCUT2D eigenvalue weighted by atomic mass is 79.9. The number of rotatable bonds is 19. The van der Waals surface area contributed by atoms with Crippen LogP contribution in [0.1, 0.15) is 128 Å². The molecule has 0 radical (unpaired) electrons. The highest BCUT2D eigenvalue weighted by molar-refractivity contribution is 9.09. The molecule has 2 aromatic heterocycles. The third kappa shape index (κ3) is 21.5. The van der Waals surface area contributed by atoms with Crippen molar-refractivity contribution >= 4 is 85.2 Å². The molecule has 81 heavy (non-hydrogen) atoms. The maximum absolute atomic E-state index is 13.6. The van der Waals surface area contributed by atoms with E-state index in [1.165, 1.54) is 0 Å². The zero-order valence-corrected chi connectivity index (χ0v) is 51.5. The number of piperidine rings is 2. The number of carbonyl (C=O) groups excluding carboxylic acids is 4. The molecular weight excluding hydrogens is 1140 g/mol. The Bertz CT molecular complexity index is 2890. The number of para-hydroxylation sites is 4. The summed E-state index contributed by atoms with van der Waals surface area (Å²) in [6.07, 6.45) is 6.08. The molecule has 2 aliphatic heterocycles. The fraction of sp³-hybridized carbons (Fsp3) is 0.516. The highest BCUT2D eigenvalue weighted by Crippen LogP contribution is 2.31. The molecule has 440 valence electrons. The van der Waals surface area contributed by atoms with Crippen LogP contribution in [0.5, 0.6) is 0 Å². The summed E-state index contributed by atoms with van der Waals surface area (Å²) >= 11 is 15.4. The van der Waals surface area contributed by atoms with E-state index in [9.17, 15) is 19.2 Å². The zero-order chi connectivity index (χ0) is 58.5. The van der Waals surface area contributed by atoms with Crippen LogP contribution in [0.25, 0.3) is 22.1 Å². The summed E-state index contributed by atoms with van der Waals surface area (Å²) in [6.45, 7) is 15.9. The summed E-state index contributed by atoms with van der Waals surface area (Å²) in [5.41, 5.74) is 4.76. The maximum atomic E-state index is 13.6. The summed E-state index contributed by atoms with van der Waals surface area (Å²) in [5, 5.41) is 8.17. The number of hydrogen-bond donors (Lipinski definition) is 3. The van der Waals surface area contributed by atoms with Gasteiger partial charge in [0.05, 0.1) is 22.1 Å². The molecule has 19 heteroatoms. The highest BCUT2D eigenvalue weighted by Gasteiger charge is 2.32. The predicted octanol–water partition coefficient (Wildman–Crippen LogP) is 12.8. The minimum absolute atomic E-state index is 0.0147. The Morgan fingerprint density at radius 1 is 0.654 bits per heavy atom. The van der Waals surface area contributed by atoms with Gasteiger partial charge in [0.15, 0.2) is 0 Å². The molecule has 2 fully saturated rings. The molecule has 0 aliphatic carbocycles. The number of aromatic amines is 1. The quantitative estimate of drug-likeness (QED) is 0.0521. The lowest BCUT2D eigenvalue weighted by Gasteiger charge is -2.34. The van der Waals surface area contributed by atoms with Crippen molar-refractivity contribution in [2.45, 2.75) is 147 Å². The zero-order valence-electron chi connectivity index (χ0n) is 48.4. The lowest BCUT2D eigenvalue weighted by Crippen LogP contribution is -2.46. The van der Waals surface area contributed by atoms with Gasteiger partial charge in [0.1, 0.15) is 22.9 Å². The topological polar surface area (TPSA) is 182 Å². The molecule has 4 heterocycles. The van der Waals surface area contributed by atoms with Crippen LogP contribution in [0.3, 0.4) is 0 Å². The predicted molar refractivity (Wildman–Crippen MR) is 326 cm³/mol. The second kappa shape index (κ2) is 31.6. The molecule has 8 rings (SSSR count). The SMILES string of the molecule is CC(C)(C)OC(=O)N[C@@H](CC(=O)N1CCCC(c2nc3ccccc3[nH]2)C1)Cc1ccc(Cl)cc1.COCCCBr.COCCCn1c(C2CCCN(C(=O)C[C@@H](Cc3ccc(Cl)cc3)NC(=O)OC(C)(C)C)C2)nc2ccccc21. The molecular formula is C62H83BrCl2N8O8. The summed E-state index contributed by atoms with van der Waals surface area (Å²) in [7, 11) is 3.43. The van der Waals surface area contributed by atoms with E-state index in [1.807, 2.05) is 142 Å². The minimum atomic E-state index is -0.631. The number of nitrogens with zero attached hydrogens (tertiary/aromatic N) is 5. The Hall–Kier alpha value is -5.72. The number of imidazole rings is 2. The molecule has 2 aliphatic rings. The maximum Gasteiger partial charge on any atom is 0.407 e. The van der Waals surface area contributed by atoms with E-state index in [-0.39, 0.29) is 36.5 Å². The van der Waals surface area contributed by atoms with E-state index in [4.69, 9.17) is 52.1 Å². The van der Waals surface area contributed by atoms with Gasteiger partial charge in [-0.25, -0.2) is 19.6 Å². The Labute approximate surface area is 496 Å². The summed E-state index contributed by atoms with van der Waals surface area (Å²) < 4.78 is 23.3. The average Bonchev–Trinajstić information content (AvgIpc) is 4.23. The van der Waals surface area contributed by atoms with Crippen molar-refractivity contribution in [1.82, 2.24) is 40.0 Å². The first-order valence-electron chi connectivity index (χ1n) is 28.2. The normalized spacial score (nSPS) is 16.3. The Kier molecular flexibility index (Phi) is 25.2. The molecule has 2 unspecified atom stereocenters. The van der Waals surface area contributed by atoms with E-state index >= 15 is 0 Å². The first-order chi connectivity index (χ1) is 38.7. The molecule has 4 atom stereocenters. The third-order valence-electron chi connectivity index (χ3n) is 13.7. The number of halogens is 3. The van der Waals surface area contributed by atoms with E-state index < -0.39 is 35.5 Å². The standard InChI is InChI=1S/C31H41ClN4O4.C27H33ClN4O3.C4H9BrO/c1-31(2,3)40-30(38)33-25(19-22-12-14-24(32)15-13-22)20-28(37)35-16-7-9-23(21-35)29-34-26-10-5-6-11-27(26)36(29)17-8-18-39-4;1-27(2,3)35-26(34)29-21(15-18-10-12-20(28)13-11-18)16-24(33)32-14-6-7-19(17-32)25-30-22-8-4-5-9-23(22)31-25;1-6-4-2-3-5/h5-6,10-15,23,25H,7-9,16-21H2,1-4H3,(H,33,38);4-5,8-13,19,21H,6-7,14-17H2,1-3H3,(H,29,34)(H,30,31);2-4H2,1H3/t23?,25-;19?,21-;/m11./s1. The summed E-state index contributed by atoms with van der Waals surface area (Å²) in [6, 6.07) is 30.3. The largest absolute Gasteiger partial charge is 0.444 e. The third-order valence-corrected chi connectivity index (χ3v) is 14.7. The van der Waals surface area contributed by atoms with Crippen LogP contribution in [0.15, 0.2) is 97.1 Å². The first-order valence-corrected chi connectivity index (χ1v) is 30.1. The van der Waals surface area contributed by atoms with Gasteiger partial charge in [0, 0.05) is 112 Å². The van der Waals surface area contributed by atoms with Crippen molar-refractivity contribution in [3.05, 3.63) is 130 Å². The van der Waals surface area contributed by atoms with Gasteiger partial charge in [-0.3, -0.25) is 9.59 Å². The number of fused-ring (bicyclic) bond motifs is 2. The number of nitrogens with one attached hydrogen (secondary N) is 3. The average molecular weight is 1220 g/mol. The van der Waals surface area contributed by atoms with E-state index in [0.717, 1.165) is 102 Å². The number of hydrogen-bond acceptors (Lipinski definition) is 10. The van der Waals surface area contributed by atoms with Gasteiger partial charge in [0.25, 0.3) is 0 Å². The van der Waals surface area contributed by atoms with Gasteiger partial charge in [-0.1, -0.05) is 87.7 Å². The van der Waals surface area contributed by atoms with Crippen molar-refractivity contribution in [2.75, 3.05) is 58.9 Å². The van der Waals surface area contributed by atoms with E-state index in [0.29, 0.717) is 55.7 Å².